The minimum absolute atomic E-state index is 0.0382. The summed E-state index contributed by atoms with van der Waals surface area (Å²) in [5, 5.41) is 3.87. The van der Waals surface area contributed by atoms with E-state index in [1.54, 1.807) is 7.11 Å². The fraction of sp³-hybridized carbons (Fsp3) is 0.435. The Morgan fingerprint density at radius 3 is 2.88 bits per heavy atom. The number of nitrogens with zero attached hydrogens (tertiary/aromatic N) is 3. The second kappa shape index (κ2) is 8.44. The molecule has 5 heterocycles. The van der Waals surface area contributed by atoms with E-state index in [-0.39, 0.29) is 30.1 Å². The molecular weight excluding hydrogens is 440 g/mol. The summed E-state index contributed by atoms with van der Waals surface area (Å²) in [4.78, 5) is 25.6. The molecule has 9 nitrogen and oxygen atoms in total. The molecule has 0 bridgehead atoms. The molecule has 1 saturated heterocycles. The van der Waals surface area contributed by atoms with Gasteiger partial charge in [0.2, 0.25) is 5.88 Å². The van der Waals surface area contributed by atoms with Crippen molar-refractivity contribution in [2.75, 3.05) is 30.9 Å². The average molecular weight is 469 g/mol. The maximum absolute atomic E-state index is 12.9. The van der Waals surface area contributed by atoms with Gasteiger partial charge in [-0.25, -0.2) is 4.98 Å². The molecule has 0 saturated carbocycles. The van der Waals surface area contributed by atoms with Gasteiger partial charge >= 0.3 is 0 Å². The summed E-state index contributed by atoms with van der Waals surface area (Å²) >= 11 is 1.31. The Balaban J connectivity index is 1.29. The number of rotatable bonds is 4. The summed E-state index contributed by atoms with van der Waals surface area (Å²) in [6, 6.07) is 7.67. The van der Waals surface area contributed by atoms with E-state index in [9.17, 15) is 4.79 Å². The van der Waals surface area contributed by atoms with Crippen LogP contribution in [-0.2, 0) is 11.2 Å². The van der Waals surface area contributed by atoms with Gasteiger partial charge in [-0.2, -0.15) is 4.98 Å². The van der Waals surface area contributed by atoms with E-state index in [4.69, 9.17) is 25.9 Å². The normalized spacial score (nSPS) is 24.5. The number of aromatic nitrogens is 2. The minimum Gasteiger partial charge on any atom is -0.475 e. The van der Waals surface area contributed by atoms with Crippen LogP contribution in [0.25, 0.3) is 10.2 Å². The van der Waals surface area contributed by atoms with Gasteiger partial charge in [0.05, 0.1) is 29.9 Å². The number of pyridine rings is 2. The molecule has 2 aliphatic heterocycles. The molecule has 0 aliphatic carbocycles. The van der Waals surface area contributed by atoms with Gasteiger partial charge in [0.1, 0.15) is 22.1 Å². The van der Waals surface area contributed by atoms with E-state index in [1.165, 1.54) is 11.3 Å². The molecule has 0 radical (unpaired) electrons. The lowest BCUT2D eigenvalue weighted by Gasteiger charge is -2.28. The molecule has 0 unspecified atom stereocenters. The van der Waals surface area contributed by atoms with Crippen molar-refractivity contribution >= 4 is 39.0 Å². The molecule has 3 aromatic heterocycles. The quantitative estimate of drug-likeness (QED) is 0.529. The Kier molecular flexibility index (Phi) is 5.59. The number of anilines is 2. The molecule has 174 valence electrons. The number of aryl methyl sites for hydroxylation is 1. The van der Waals surface area contributed by atoms with Crippen molar-refractivity contribution in [1.29, 1.82) is 0 Å². The molecule has 1 amide bonds. The van der Waals surface area contributed by atoms with Crippen molar-refractivity contribution in [1.82, 2.24) is 15.3 Å². The van der Waals surface area contributed by atoms with Gasteiger partial charge in [-0.15, -0.1) is 11.3 Å². The van der Waals surface area contributed by atoms with Crippen molar-refractivity contribution in [3.63, 3.8) is 0 Å². The van der Waals surface area contributed by atoms with Crippen LogP contribution < -0.4 is 26.4 Å². The molecule has 2 aliphatic rings. The van der Waals surface area contributed by atoms with E-state index in [0.29, 0.717) is 36.0 Å². The van der Waals surface area contributed by atoms with E-state index in [2.05, 4.69) is 22.1 Å². The first kappa shape index (κ1) is 21.9. The number of fused-ring (bicyclic) bond motifs is 2. The monoisotopic (exact) mass is 468 g/mol. The van der Waals surface area contributed by atoms with Gasteiger partial charge < -0.3 is 31.2 Å². The molecule has 33 heavy (non-hydrogen) atoms. The lowest BCUT2D eigenvalue weighted by atomic mass is 10.1. The minimum atomic E-state index is -0.208. The van der Waals surface area contributed by atoms with Crippen LogP contribution in [0.15, 0.2) is 24.3 Å². The molecule has 4 atom stereocenters. The summed E-state index contributed by atoms with van der Waals surface area (Å²) in [7, 11) is 1.69. The van der Waals surface area contributed by atoms with E-state index in [0.717, 1.165) is 27.3 Å². The number of hydrogen-bond acceptors (Lipinski definition) is 9. The highest BCUT2D eigenvalue weighted by Crippen LogP contribution is 2.33. The van der Waals surface area contributed by atoms with Gasteiger partial charge in [0, 0.05) is 36.7 Å². The maximum Gasteiger partial charge on any atom is 0.263 e. The first-order chi connectivity index (χ1) is 15.9. The van der Waals surface area contributed by atoms with Crippen molar-refractivity contribution in [3.05, 3.63) is 40.4 Å². The zero-order valence-corrected chi connectivity index (χ0v) is 19.7. The summed E-state index contributed by atoms with van der Waals surface area (Å²) in [6.45, 7) is 5.02. The van der Waals surface area contributed by atoms with Gasteiger partial charge in [0.15, 0.2) is 0 Å². The smallest absolute Gasteiger partial charge is 0.263 e. The van der Waals surface area contributed by atoms with Gasteiger partial charge in [0.25, 0.3) is 5.91 Å². The molecule has 0 spiro atoms. The highest BCUT2D eigenvalue weighted by molar-refractivity contribution is 7.21. The maximum atomic E-state index is 12.9. The Labute approximate surface area is 196 Å². The summed E-state index contributed by atoms with van der Waals surface area (Å²) in [5.41, 5.74) is 14.8. The van der Waals surface area contributed by atoms with E-state index < -0.39 is 0 Å². The number of thiophene rings is 1. The van der Waals surface area contributed by atoms with Gasteiger partial charge in [-0.1, -0.05) is 0 Å². The van der Waals surface area contributed by atoms with Gasteiger partial charge in [-0.05, 0) is 38.1 Å². The third kappa shape index (κ3) is 3.88. The lowest BCUT2D eigenvalue weighted by molar-refractivity contribution is 0.0876. The number of methoxy groups -OCH3 is 1. The molecule has 5 N–H and O–H groups in total. The predicted molar refractivity (Wildman–Crippen MR) is 129 cm³/mol. The Morgan fingerprint density at radius 1 is 1.30 bits per heavy atom. The van der Waals surface area contributed by atoms with Crippen LogP contribution in [-0.4, -0.2) is 60.4 Å². The Bertz CT molecular complexity index is 1210. The third-order valence-corrected chi connectivity index (χ3v) is 7.56. The Hall–Kier alpha value is -2.95. The standard InChI is InChI=1S/C23H28N6O3S/c1-11-4-6-15-18(25)20(33-23(15)26-11)21(30)27-14-8-13-5-7-17(28-22(13)32-10-14)29-9-16(24)19(31-3)12(29)2/h4-7,12,14,16,19H,8-10,24-25H2,1-3H3,(H,27,30)/t12-,14-,16+,19+/m1/s1. The first-order valence-corrected chi connectivity index (χ1v) is 11.8. The fourth-order valence-electron chi connectivity index (χ4n) is 4.71. The number of ether oxygens (including phenoxy) is 2. The number of carbonyl (C=O) groups is 1. The van der Waals surface area contributed by atoms with Gasteiger partial charge in [-0.3, -0.25) is 4.79 Å². The van der Waals surface area contributed by atoms with Crippen LogP contribution in [0.4, 0.5) is 11.5 Å². The summed E-state index contributed by atoms with van der Waals surface area (Å²) < 4.78 is 11.5. The van der Waals surface area contributed by atoms with Crippen LogP contribution >= 0.6 is 11.3 Å². The number of amides is 1. The van der Waals surface area contributed by atoms with Crippen LogP contribution in [0.1, 0.15) is 27.9 Å². The van der Waals surface area contributed by atoms with Crippen LogP contribution in [0.3, 0.4) is 0 Å². The molecule has 1 fully saturated rings. The summed E-state index contributed by atoms with van der Waals surface area (Å²) in [6.07, 6.45) is 0.593. The van der Waals surface area contributed by atoms with E-state index >= 15 is 0 Å². The number of nitrogens with one attached hydrogen (secondary N) is 1. The fourth-order valence-corrected chi connectivity index (χ4v) is 5.75. The summed E-state index contributed by atoms with van der Waals surface area (Å²) in [5.74, 6) is 1.21. The van der Waals surface area contributed by atoms with Crippen molar-refractivity contribution in [2.24, 2.45) is 5.73 Å². The van der Waals surface area contributed by atoms with Crippen molar-refractivity contribution in [2.45, 2.75) is 44.5 Å². The molecule has 5 rings (SSSR count). The SMILES string of the molecule is CO[C@H]1[C@@H](C)N(c2ccc3c(n2)OC[C@H](NC(=O)c2sc4nc(C)ccc4c2N)C3)C[C@@H]1N. The van der Waals surface area contributed by atoms with Crippen LogP contribution in [0, 0.1) is 6.92 Å². The topological polar surface area (TPSA) is 129 Å². The molecular formula is C23H28N6O3S. The average Bonchev–Trinajstić information content (AvgIpc) is 3.28. The third-order valence-electron chi connectivity index (χ3n) is 6.45. The lowest BCUT2D eigenvalue weighted by Crippen LogP contribution is -2.43. The zero-order valence-electron chi connectivity index (χ0n) is 18.9. The highest BCUT2D eigenvalue weighted by atomic mass is 32.1. The molecule has 3 aromatic rings. The first-order valence-electron chi connectivity index (χ1n) is 11.0. The van der Waals surface area contributed by atoms with Crippen molar-refractivity contribution < 1.29 is 14.3 Å². The zero-order chi connectivity index (χ0) is 23.3. The number of hydrogen-bond donors (Lipinski definition) is 3. The number of carbonyl (C=O) groups excluding carboxylic acids is 1. The second-order valence-corrected chi connectivity index (χ2v) is 9.73. The molecule has 0 aromatic carbocycles. The number of nitrogens with two attached hydrogens (primary N) is 2. The highest BCUT2D eigenvalue weighted by Gasteiger charge is 2.38. The predicted octanol–water partition coefficient (Wildman–Crippen LogP) is 1.87. The van der Waals surface area contributed by atoms with E-state index in [1.807, 2.05) is 31.2 Å². The van der Waals surface area contributed by atoms with Crippen molar-refractivity contribution in [3.8, 4) is 5.88 Å². The Morgan fingerprint density at radius 2 is 2.12 bits per heavy atom. The van der Waals surface area contributed by atoms with Crippen LogP contribution in [0.2, 0.25) is 0 Å². The second-order valence-electron chi connectivity index (χ2n) is 8.73. The number of nitrogen functional groups attached to an aromatic ring is 1. The van der Waals surface area contributed by atoms with Crippen LogP contribution in [0.5, 0.6) is 5.88 Å². The largest absolute Gasteiger partial charge is 0.475 e. The molecule has 10 heteroatoms.